The molecular weight excluding hydrogens is 322 g/mol. The third-order valence-corrected chi connectivity index (χ3v) is 3.92. The summed E-state index contributed by atoms with van der Waals surface area (Å²) in [4.78, 5) is 6.21. The lowest BCUT2D eigenvalue weighted by Gasteiger charge is -2.26. The molecule has 4 nitrogen and oxygen atoms in total. The van der Waals surface area contributed by atoms with Gasteiger partial charge in [0.05, 0.1) is 6.04 Å². The number of halogens is 2. The molecule has 0 aliphatic carbocycles. The average Bonchev–Trinajstić information content (AvgIpc) is 2.59. The van der Waals surface area contributed by atoms with Gasteiger partial charge in [-0.1, -0.05) is 24.3 Å². The second kappa shape index (κ2) is 9.13. The van der Waals surface area contributed by atoms with Crippen LogP contribution in [-0.4, -0.2) is 38.5 Å². The van der Waals surface area contributed by atoms with Crippen LogP contribution in [0.15, 0.2) is 53.5 Å². The van der Waals surface area contributed by atoms with E-state index in [0.717, 1.165) is 11.1 Å². The van der Waals surface area contributed by atoms with Crippen molar-refractivity contribution < 1.29 is 8.78 Å². The SMILES string of the molecule is CN=C(NCc1ccc(F)cc1)NCC(c1cccc(F)c1)N(C)C. The highest BCUT2D eigenvalue weighted by Gasteiger charge is 2.15. The molecule has 1 atom stereocenters. The Morgan fingerprint density at radius 3 is 2.36 bits per heavy atom. The molecule has 1 unspecified atom stereocenters. The molecule has 25 heavy (non-hydrogen) atoms. The molecule has 0 aliphatic rings. The quantitative estimate of drug-likeness (QED) is 0.624. The summed E-state index contributed by atoms with van der Waals surface area (Å²) in [5, 5.41) is 6.44. The monoisotopic (exact) mass is 346 g/mol. The molecule has 0 amide bonds. The minimum absolute atomic E-state index is 0.0000659. The molecular formula is C19H24F2N4. The Balaban J connectivity index is 1.94. The number of hydrogen-bond donors (Lipinski definition) is 2. The fraction of sp³-hybridized carbons (Fsp3) is 0.316. The Bertz CT molecular complexity index is 699. The van der Waals surface area contributed by atoms with Gasteiger partial charge >= 0.3 is 0 Å². The zero-order valence-electron chi connectivity index (χ0n) is 14.8. The van der Waals surface area contributed by atoms with Gasteiger partial charge in [0, 0.05) is 20.1 Å². The molecule has 0 bridgehead atoms. The zero-order valence-corrected chi connectivity index (χ0v) is 14.8. The van der Waals surface area contributed by atoms with Gasteiger partial charge in [-0.3, -0.25) is 4.99 Å². The molecule has 0 fully saturated rings. The summed E-state index contributed by atoms with van der Waals surface area (Å²) >= 11 is 0. The van der Waals surface area contributed by atoms with Crippen LogP contribution in [0.1, 0.15) is 17.2 Å². The molecule has 2 aromatic carbocycles. The lowest BCUT2D eigenvalue weighted by Crippen LogP contribution is -2.41. The number of likely N-dealkylation sites (N-methyl/N-ethyl adjacent to an activating group) is 1. The Kier molecular flexibility index (Phi) is 6.89. The van der Waals surface area contributed by atoms with Crippen molar-refractivity contribution in [3.63, 3.8) is 0 Å². The van der Waals surface area contributed by atoms with Crippen molar-refractivity contribution in [2.45, 2.75) is 12.6 Å². The maximum Gasteiger partial charge on any atom is 0.191 e. The van der Waals surface area contributed by atoms with Gasteiger partial charge in [0.25, 0.3) is 0 Å². The first-order valence-corrected chi connectivity index (χ1v) is 8.10. The minimum atomic E-state index is -0.254. The van der Waals surface area contributed by atoms with Crippen LogP contribution >= 0.6 is 0 Å². The number of benzene rings is 2. The predicted octanol–water partition coefficient (Wildman–Crippen LogP) is 2.93. The highest BCUT2D eigenvalue weighted by atomic mass is 19.1. The predicted molar refractivity (Wildman–Crippen MR) is 97.4 cm³/mol. The molecule has 6 heteroatoms. The van der Waals surface area contributed by atoms with E-state index in [0.29, 0.717) is 19.0 Å². The third kappa shape index (κ3) is 5.83. The van der Waals surface area contributed by atoms with Crippen LogP contribution in [0.3, 0.4) is 0 Å². The molecule has 0 heterocycles. The number of guanidine groups is 1. The van der Waals surface area contributed by atoms with Crippen molar-refractivity contribution >= 4 is 5.96 Å². The van der Waals surface area contributed by atoms with Gasteiger partial charge in [0.1, 0.15) is 11.6 Å². The maximum absolute atomic E-state index is 13.5. The highest BCUT2D eigenvalue weighted by Crippen LogP contribution is 2.18. The van der Waals surface area contributed by atoms with Crippen LogP contribution in [0.2, 0.25) is 0 Å². The lowest BCUT2D eigenvalue weighted by molar-refractivity contribution is 0.297. The van der Waals surface area contributed by atoms with Gasteiger partial charge in [-0.25, -0.2) is 8.78 Å². The highest BCUT2D eigenvalue weighted by molar-refractivity contribution is 5.79. The van der Waals surface area contributed by atoms with Gasteiger partial charge in [0.2, 0.25) is 0 Å². The van der Waals surface area contributed by atoms with Gasteiger partial charge in [0.15, 0.2) is 5.96 Å². The molecule has 2 N–H and O–H groups in total. The summed E-state index contributed by atoms with van der Waals surface area (Å²) in [5.74, 6) is 0.130. The standard InChI is InChI=1S/C19H24F2N4/c1-22-19(23-12-14-7-9-16(20)10-8-14)24-13-18(25(2)3)15-5-4-6-17(21)11-15/h4-11,18H,12-13H2,1-3H3,(H2,22,23,24). The van der Waals surface area contributed by atoms with E-state index in [1.807, 2.05) is 25.1 Å². The van der Waals surface area contributed by atoms with E-state index in [-0.39, 0.29) is 17.7 Å². The summed E-state index contributed by atoms with van der Waals surface area (Å²) < 4.78 is 26.4. The van der Waals surface area contributed by atoms with Crippen molar-refractivity contribution in [3.8, 4) is 0 Å². The van der Waals surface area contributed by atoms with Crippen molar-refractivity contribution in [2.24, 2.45) is 4.99 Å². The molecule has 0 radical (unpaired) electrons. The van der Waals surface area contributed by atoms with E-state index in [2.05, 4.69) is 15.6 Å². The van der Waals surface area contributed by atoms with Gasteiger partial charge in [-0.15, -0.1) is 0 Å². The Morgan fingerprint density at radius 2 is 1.76 bits per heavy atom. The van der Waals surface area contributed by atoms with E-state index in [4.69, 9.17) is 0 Å². The van der Waals surface area contributed by atoms with E-state index in [1.54, 1.807) is 31.3 Å². The van der Waals surface area contributed by atoms with Gasteiger partial charge in [-0.2, -0.15) is 0 Å². The smallest absolute Gasteiger partial charge is 0.191 e. The molecule has 2 aromatic rings. The molecule has 0 aromatic heterocycles. The Morgan fingerprint density at radius 1 is 1.04 bits per heavy atom. The molecule has 0 saturated heterocycles. The molecule has 2 rings (SSSR count). The second-order valence-corrected chi connectivity index (χ2v) is 5.97. The fourth-order valence-electron chi connectivity index (χ4n) is 2.51. The van der Waals surface area contributed by atoms with Crippen molar-refractivity contribution in [1.82, 2.24) is 15.5 Å². The van der Waals surface area contributed by atoms with Crippen LogP contribution in [0.5, 0.6) is 0 Å². The topological polar surface area (TPSA) is 39.7 Å². The maximum atomic E-state index is 13.5. The van der Waals surface area contributed by atoms with Gasteiger partial charge in [-0.05, 0) is 49.5 Å². The van der Waals surface area contributed by atoms with Crippen LogP contribution in [0, 0.1) is 11.6 Å². The van der Waals surface area contributed by atoms with Crippen molar-refractivity contribution in [3.05, 3.63) is 71.3 Å². The number of aliphatic imine (C=N–C) groups is 1. The summed E-state index contributed by atoms with van der Waals surface area (Å²) in [6.07, 6.45) is 0. The summed E-state index contributed by atoms with van der Waals surface area (Å²) in [6.45, 7) is 1.10. The first kappa shape index (κ1) is 18.9. The number of hydrogen-bond acceptors (Lipinski definition) is 2. The Hall–Kier alpha value is -2.47. The zero-order chi connectivity index (χ0) is 18.2. The number of nitrogens with one attached hydrogen (secondary N) is 2. The third-order valence-electron chi connectivity index (χ3n) is 3.92. The molecule has 0 spiro atoms. The Labute approximate surface area is 147 Å². The fourth-order valence-corrected chi connectivity index (χ4v) is 2.51. The van der Waals surface area contributed by atoms with Crippen molar-refractivity contribution in [1.29, 1.82) is 0 Å². The molecule has 134 valence electrons. The summed E-state index contributed by atoms with van der Waals surface area (Å²) in [6, 6.07) is 12.9. The van der Waals surface area contributed by atoms with Crippen LogP contribution in [-0.2, 0) is 6.54 Å². The van der Waals surface area contributed by atoms with Crippen LogP contribution in [0.25, 0.3) is 0 Å². The minimum Gasteiger partial charge on any atom is -0.354 e. The molecule has 0 aliphatic heterocycles. The largest absolute Gasteiger partial charge is 0.354 e. The van der Waals surface area contributed by atoms with E-state index in [1.165, 1.54) is 18.2 Å². The summed E-state index contributed by atoms with van der Waals surface area (Å²) in [7, 11) is 5.59. The van der Waals surface area contributed by atoms with E-state index >= 15 is 0 Å². The van der Waals surface area contributed by atoms with Crippen molar-refractivity contribution in [2.75, 3.05) is 27.7 Å². The van der Waals surface area contributed by atoms with E-state index in [9.17, 15) is 8.78 Å². The number of rotatable bonds is 6. The first-order chi connectivity index (χ1) is 12.0. The average molecular weight is 346 g/mol. The molecule has 0 saturated carbocycles. The van der Waals surface area contributed by atoms with Crippen LogP contribution < -0.4 is 10.6 Å². The van der Waals surface area contributed by atoms with E-state index < -0.39 is 0 Å². The lowest BCUT2D eigenvalue weighted by atomic mass is 10.1. The van der Waals surface area contributed by atoms with Crippen LogP contribution in [0.4, 0.5) is 8.78 Å². The first-order valence-electron chi connectivity index (χ1n) is 8.10. The summed E-state index contributed by atoms with van der Waals surface area (Å²) in [5.41, 5.74) is 1.85. The normalized spacial score (nSPS) is 13.0. The van der Waals surface area contributed by atoms with Gasteiger partial charge < -0.3 is 15.5 Å². The second-order valence-electron chi connectivity index (χ2n) is 5.97. The number of nitrogens with zero attached hydrogens (tertiary/aromatic N) is 2.